The number of nitrogens with zero attached hydrogens (tertiary/aromatic N) is 2. The molecule has 0 unspecified atom stereocenters. The molecule has 40 heavy (non-hydrogen) atoms. The van der Waals surface area contributed by atoms with Crippen molar-refractivity contribution in [2.45, 2.75) is 40.5 Å². The zero-order valence-corrected chi connectivity index (χ0v) is 24.9. The van der Waals surface area contributed by atoms with Crippen LogP contribution in [0, 0.1) is 5.41 Å². The predicted molar refractivity (Wildman–Crippen MR) is 147 cm³/mol. The average molecular weight is 722 g/mol. The normalized spacial score (nSPS) is 10.9. The fourth-order valence-corrected chi connectivity index (χ4v) is 3.63. The van der Waals surface area contributed by atoms with Gasteiger partial charge in [0.25, 0.3) is 0 Å². The Morgan fingerprint density at radius 1 is 0.725 bits per heavy atom. The average Bonchev–Trinajstić information content (AvgIpc) is 2.93. The van der Waals surface area contributed by atoms with Gasteiger partial charge in [-0.05, 0) is 68.8 Å². The van der Waals surface area contributed by atoms with Crippen molar-refractivity contribution in [3.05, 3.63) is 72.8 Å². The van der Waals surface area contributed by atoms with Crippen molar-refractivity contribution in [1.29, 1.82) is 0 Å². The number of phenols is 2. The number of phenolic OH excluding ortho intramolecular Hbond substituents is 2. The summed E-state index contributed by atoms with van der Waals surface area (Å²) < 4.78 is 10.6. The van der Waals surface area contributed by atoms with Crippen LogP contribution in [-0.2, 0) is 30.7 Å². The van der Waals surface area contributed by atoms with Crippen molar-refractivity contribution in [3.8, 4) is 56.9 Å². The van der Waals surface area contributed by atoms with Crippen molar-refractivity contribution < 1.29 is 50.3 Å². The molecule has 0 spiro atoms. The van der Waals surface area contributed by atoms with E-state index >= 15 is 0 Å². The quantitative estimate of drug-likeness (QED) is 0.156. The van der Waals surface area contributed by atoms with E-state index in [-0.39, 0.29) is 56.5 Å². The van der Waals surface area contributed by atoms with Gasteiger partial charge in [-0.1, -0.05) is 26.0 Å². The Balaban J connectivity index is 0.00000441. The molecule has 210 valence electrons. The fraction of sp³-hybridized carbons (Fsp3) is 0.226. The second-order valence-corrected chi connectivity index (χ2v) is 9.63. The Morgan fingerprint density at radius 3 is 1.60 bits per heavy atom. The SMILES string of the molecule is CCC(=O)Oc1ccc(-c2cccc(-c3cccc(-c4ccc(OC(=O)C(C)(C)CC)cc4O)n3)n2)c(O)c1.[Pt]. The van der Waals surface area contributed by atoms with Gasteiger partial charge in [-0.3, -0.25) is 9.59 Å². The van der Waals surface area contributed by atoms with Crippen LogP contribution in [0.15, 0.2) is 72.8 Å². The minimum absolute atomic E-state index is 0. The molecule has 2 aromatic carbocycles. The first-order chi connectivity index (χ1) is 18.6. The Hall–Kier alpha value is -4.03. The largest absolute Gasteiger partial charge is 0.507 e. The first-order valence-electron chi connectivity index (χ1n) is 12.7. The third kappa shape index (κ3) is 6.93. The molecule has 0 saturated heterocycles. The van der Waals surface area contributed by atoms with Gasteiger partial charge in [0, 0.05) is 50.7 Å². The molecule has 0 aliphatic rings. The molecule has 2 aromatic heterocycles. The van der Waals surface area contributed by atoms with Crippen LogP contribution < -0.4 is 9.47 Å². The standard InChI is InChI=1S/C31H30N2O6.Pt/c1-5-29(36)38-19-13-15-21(27(34)17-19)23-9-7-11-25(32-23)26-12-8-10-24(33-26)22-16-14-20(18-28(22)35)39-30(37)31(3,4)6-2;/h7-18,34-35H,5-6H2,1-4H3;. The van der Waals surface area contributed by atoms with Crippen LogP contribution in [0.25, 0.3) is 33.9 Å². The maximum atomic E-state index is 12.4. The molecule has 2 heterocycles. The minimum atomic E-state index is -0.633. The minimum Gasteiger partial charge on any atom is -0.507 e. The molecular formula is C31H30N2O6Pt. The zero-order valence-electron chi connectivity index (χ0n) is 22.6. The zero-order chi connectivity index (χ0) is 28.2. The Labute approximate surface area is 247 Å². The number of rotatable bonds is 8. The second-order valence-electron chi connectivity index (χ2n) is 9.63. The van der Waals surface area contributed by atoms with Gasteiger partial charge >= 0.3 is 11.9 Å². The molecule has 2 N–H and O–H groups in total. The Morgan fingerprint density at radius 2 is 1.18 bits per heavy atom. The Kier molecular flexibility index (Phi) is 9.82. The Bertz CT molecular complexity index is 1540. The predicted octanol–water partition coefficient (Wildman–Crippen LogP) is 6.54. The van der Waals surface area contributed by atoms with E-state index in [0.717, 1.165) is 0 Å². The van der Waals surface area contributed by atoms with Crippen molar-refractivity contribution in [2.75, 3.05) is 0 Å². The smallest absolute Gasteiger partial charge is 0.316 e. The van der Waals surface area contributed by atoms with Crippen molar-refractivity contribution in [3.63, 3.8) is 0 Å². The molecule has 0 bridgehead atoms. The number of aromatic nitrogens is 2. The number of hydrogen-bond donors (Lipinski definition) is 2. The van der Waals surface area contributed by atoms with Gasteiger partial charge in [-0.2, -0.15) is 0 Å². The van der Waals surface area contributed by atoms with Crippen LogP contribution in [0.1, 0.15) is 40.5 Å². The summed E-state index contributed by atoms with van der Waals surface area (Å²) in [5, 5.41) is 21.2. The van der Waals surface area contributed by atoms with E-state index in [1.165, 1.54) is 12.1 Å². The molecule has 0 amide bonds. The van der Waals surface area contributed by atoms with E-state index in [1.807, 2.05) is 20.8 Å². The van der Waals surface area contributed by atoms with Gasteiger partial charge in [0.05, 0.1) is 28.2 Å². The second kappa shape index (κ2) is 12.9. The van der Waals surface area contributed by atoms with Crippen LogP contribution in [0.4, 0.5) is 0 Å². The third-order valence-electron chi connectivity index (χ3n) is 6.42. The van der Waals surface area contributed by atoms with Crippen LogP contribution in [0.5, 0.6) is 23.0 Å². The van der Waals surface area contributed by atoms with Gasteiger partial charge in [0.1, 0.15) is 23.0 Å². The maximum Gasteiger partial charge on any atom is 0.316 e. The van der Waals surface area contributed by atoms with Crippen LogP contribution in [0.3, 0.4) is 0 Å². The van der Waals surface area contributed by atoms with Crippen molar-refractivity contribution in [2.24, 2.45) is 5.41 Å². The molecule has 4 aromatic rings. The van der Waals surface area contributed by atoms with E-state index < -0.39 is 11.4 Å². The monoisotopic (exact) mass is 721 g/mol. The molecule has 0 atom stereocenters. The molecular weight excluding hydrogens is 691 g/mol. The molecule has 0 aliphatic heterocycles. The number of hydrogen-bond acceptors (Lipinski definition) is 8. The third-order valence-corrected chi connectivity index (χ3v) is 6.42. The van der Waals surface area contributed by atoms with E-state index in [9.17, 15) is 19.8 Å². The number of carbonyl (C=O) groups excluding carboxylic acids is 2. The molecule has 0 aliphatic carbocycles. The summed E-state index contributed by atoms with van der Waals surface area (Å²) in [5.41, 5.74) is 2.44. The summed E-state index contributed by atoms with van der Waals surface area (Å²) >= 11 is 0. The number of esters is 2. The maximum absolute atomic E-state index is 12.4. The van der Waals surface area contributed by atoms with E-state index in [2.05, 4.69) is 9.97 Å². The molecule has 4 rings (SSSR count). The van der Waals surface area contributed by atoms with Crippen molar-refractivity contribution >= 4 is 11.9 Å². The van der Waals surface area contributed by atoms with Gasteiger partial charge in [-0.15, -0.1) is 0 Å². The molecule has 0 fully saturated rings. The first kappa shape index (κ1) is 30.5. The van der Waals surface area contributed by atoms with Gasteiger partial charge in [-0.25, -0.2) is 9.97 Å². The fourth-order valence-electron chi connectivity index (χ4n) is 3.63. The number of aromatic hydroxyl groups is 2. The number of benzene rings is 2. The van der Waals surface area contributed by atoms with E-state index in [1.54, 1.807) is 67.6 Å². The van der Waals surface area contributed by atoms with Gasteiger partial charge in [0.2, 0.25) is 0 Å². The summed E-state index contributed by atoms with van der Waals surface area (Å²) in [7, 11) is 0. The molecule has 0 radical (unpaired) electrons. The van der Waals surface area contributed by atoms with E-state index in [4.69, 9.17) is 9.47 Å². The van der Waals surface area contributed by atoms with Crippen LogP contribution in [-0.4, -0.2) is 32.1 Å². The number of ether oxygens (including phenoxy) is 2. The van der Waals surface area contributed by atoms with Crippen LogP contribution >= 0.6 is 0 Å². The summed E-state index contributed by atoms with van der Waals surface area (Å²) in [4.78, 5) is 33.3. The number of carbonyl (C=O) groups is 2. The first-order valence-corrected chi connectivity index (χ1v) is 12.7. The van der Waals surface area contributed by atoms with Crippen LogP contribution in [0.2, 0.25) is 0 Å². The van der Waals surface area contributed by atoms with Crippen molar-refractivity contribution in [1.82, 2.24) is 9.97 Å². The summed E-state index contributed by atoms with van der Waals surface area (Å²) in [6.07, 6.45) is 0.853. The molecule has 9 heteroatoms. The number of pyridine rings is 2. The topological polar surface area (TPSA) is 119 Å². The summed E-state index contributed by atoms with van der Waals surface area (Å²) in [5.74, 6) is -0.404. The molecule has 0 saturated carbocycles. The van der Waals surface area contributed by atoms with E-state index in [0.29, 0.717) is 40.3 Å². The summed E-state index contributed by atoms with van der Waals surface area (Å²) in [6, 6.07) is 20.0. The van der Waals surface area contributed by atoms with Gasteiger partial charge < -0.3 is 19.7 Å². The van der Waals surface area contributed by atoms with Gasteiger partial charge in [0.15, 0.2) is 0 Å². The molecule has 8 nitrogen and oxygen atoms in total. The summed E-state index contributed by atoms with van der Waals surface area (Å²) in [6.45, 7) is 7.22.